The van der Waals surface area contributed by atoms with Crippen LogP contribution in [0.1, 0.15) is 29.8 Å². The van der Waals surface area contributed by atoms with Crippen molar-refractivity contribution in [3.8, 4) is 5.75 Å². The summed E-state index contributed by atoms with van der Waals surface area (Å²) in [6, 6.07) is 3.37. The first-order valence-corrected chi connectivity index (χ1v) is 10.1. The highest BCUT2D eigenvalue weighted by Crippen LogP contribution is 2.35. The molecule has 0 saturated carbocycles. The van der Waals surface area contributed by atoms with Crippen molar-refractivity contribution in [3.63, 3.8) is 0 Å². The molecule has 3 aromatic rings. The van der Waals surface area contributed by atoms with Crippen molar-refractivity contribution in [2.45, 2.75) is 26.8 Å². The Bertz CT molecular complexity index is 1230. The smallest absolute Gasteiger partial charge is 0.267 e. The highest BCUT2D eigenvalue weighted by atomic mass is 35.5. The quantitative estimate of drug-likeness (QED) is 0.585. The monoisotopic (exact) mass is 432 g/mol. The molecule has 10 heteroatoms. The minimum atomic E-state index is -0.769. The summed E-state index contributed by atoms with van der Waals surface area (Å²) in [6.45, 7) is 3.94. The second kappa shape index (κ2) is 7.16. The maximum absolute atomic E-state index is 12.9. The highest BCUT2D eigenvalue weighted by molar-refractivity contribution is 7.19. The van der Waals surface area contributed by atoms with E-state index in [0.717, 1.165) is 16.9 Å². The van der Waals surface area contributed by atoms with Crippen LogP contribution in [0.15, 0.2) is 23.1 Å². The van der Waals surface area contributed by atoms with E-state index in [1.807, 2.05) is 0 Å². The number of aryl methyl sites for hydroxylation is 2. The molecule has 0 atom stereocenters. The van der Waals surface area contributed by atoms with Gasteiger partial charge in [0.2, 0.25) is 5.91 Å². The Balaban J connectivity index is 1.83. The molecule has 1 aliphatic rings. The molecule has 150 valence electrons. The molecule has 4 rings (SSSR count). The van der Waals surface area contributed by atoms with Gasteiger partial charge in [-0.1, -0.05) is 36.8 Å². The first-order chi connectivity index (χ1) is 13.8. The summed E-state index contributed by atoms with van der Waals surface area (Å²) in [6.07, 6.45) is 1.94. The molecular weight excluding hydrogens is 416 g/mol. The number of pyridine rings is 1. The van der Waals surface area contributed by atoms with Crippen molar-refractivity contribution in [1.82, 2.24) is 9.55 Å². The Morgan fingerprint density at radius 1 is 1.31 bits per heavy atom. The molecule has 0 bridgehead atoms. The van der Waals surface area contributed by atoms with Crippen LogP contribution in [0.3, 0.4) is 0 Å². The average Bonchev–Trinajstić information content (AvgIpc) is 3.26. The lowest BCUT2D eigenvalue weighted by atomic mass is 10.0. The zero-order valence-electron chi connectivity index (χ0n) is 15.6. The number of thiazole rings is 1. The molecule has 29 heavy (non-hydrogen) atoms. The number of hydrogen-bond acceptors (Lipinski definition) is 6. The topological polar surface area (TPSA) is 113 Å². The van der Waals surface area contributed by atoms with Gasteiger partial charge in [-0.2, -0.15) is 0 Å². The first-order valence-electron chi connectivity index (χ1n) is 8.92. The van der Waals surface area contributed by atoms with Crippen molar-refractivity contribution < 1.29 is 14.7 Å². The van der Waals surface area contributed by atoms with Gasteiger partial charge in [-0.15, -0.1) is 0 Å². The number of anilines is 2. The summed E-state index contributed by atoms with van der Waals surface area (Å²) in [7, 11) is 0. The maximum atomic E-state index is 12.9. The van der Waals surface area contributed by atoms with Gasteiger partial charge >= 0.3 is 0 Å². The Labute approximate surface area is 174 Å². The first kappa shape index (κ1) is 19.4. The van der Waals surface area contributed by atoms with Gasteiger partial charge < -0.3 is 15.0 Å². The third-order valence-electron chi connectivity index (χ3n) is 4.73. The van der Waals surface area contributed by atoms with Crippen molar-refractivity contribution in [1.29, 1.82) is 0 Å². The van der Waals surface area contributed by atoms with Crippen LogP contribution in [0.2, 0.25) is 4.34 Å². The van der Waals surface area contributed by atoms with Gasteiger partial charge in [-0.05, 0) is 24.1 Å². The predicted octanol–water partition coefficient (Wildman–Crippen LogP) is 3.22. The second-order valence-electron chi connectivity index (χ2n) is 7.03. The number of aromatic hydroxyl groups is 1. The number of hydrogen-bond donors (Lipinski definition) is 3. The predicted molar refractivity (Wildman–Crippen MR) is 112 cm³/mol. The van der Waals surface area contributed by atoms with Crippen LogP contribution in [-0.2, 0) is 17.8 Å². The summed E-state index contributed by atoms with van der Waals surface area (Å²) in [5, 5.41) is 16.7. The Kier molecular flexibility index (Phi) is 4.79. The zero-order valence-corrected chi connectivity index (χ0v) is 17.1. The number of amides is 2. The molecule has 0 spiro atoms. The molecule has 3 heterocycles. The third-order valence-corrected chi connectivity index (χ3v) is 5.76. The Morgan fingerprint density at radius 2 is 2.07 bits per heavy atom. The van der Waals surface area contributed by atoms with Crippen LogP contribution in [0.25, 0.3) is 10.9 Å². The number of benzene rings is 1. The summed E-state index contributed by atoms with van der Waals surface area (Å²) in [5.74, 6) is -1.58. The van der Waals surface area contributed by atoms with Crippen LogP contribution >= 0.6 is 22.9 Å². The van der Waals surface area contributed by atoms with Crippen LogP contribution < -0.4 is 16.2 Å². The largest absolute Gasteiger partial charge is 0.506 e. The normalized spacial score (nSPS) is 12.6. The lowest BCUT2D eigenvalue weighted by molar-refractivity contribution is -0.118. The Hall–Kier alpha value is -2.91. The van der Waals surface area contributed by atoms with E-state index >= 15 is 0 Å². The number of halogens is 1. The summed E-state index contributed by atoms with van der Waals surface area (Å²) < 4.78 is 1.86. The van der Waals surface area contributed by atoms with Crippen molar-refractivity contribution in [2.24, 2.45) is 5.92 Å². The molecular formula is C19H17ClN4O4S. The lowest BCUT2D eigenvalue weighted by Crippen LogP contribution is -2.28. The number of rotatable bonds is 4. The average molecular weight is 433 g/mol. The number of nitrogens with zero attached hydrogens (tertiary/aromatic N) is 2. The van der Waals surface area contributed by atoms with E-state index in [1.165, 1.54) is 10.8 Å². The lowest BCUT2D eigenvalue weighted by Gasteiger charge is -2.13. The minimum Gasteiger partial charge on any atom is -0.506 e. The molecule has 0 unspecified atom stereocenters. The van der Waals surface area contributed by atoms with Gasteiger partial charge in [0.25, 0.3) is 11.5 Å². The molecule has 0 fully saturated rings. The van der Waals surface area contributed by atoms with E-state index in [-0.39, 0.29) is 22.5 Å². The van der Waals surface area contributed by atoms with E-state index in [4.69, 9.17) is 11.6 Å². The standard InChI is InChI=1S/C19H17ClN4O4S/c1-8(2)16(26)22-10-5-9-3-4-24-14(9)11(6-10)15(25)13(18(24)28)17(27)23-19-21-7-12(20)29-19/h5-8,25H,3-4H2,1-2H3,(H,22,26)(H,21,23,27). The molecule has 0 aliphatic carbocycles. The maximum Gasteiger partial charge on any atom is 0.267 e. The fraction of sp³-hybridized carbons (Fsp3) is 0.263. The number of carbonyl (C=O) groups is 2. The third kappa shape index (κ3) is 3.36. The fourth-order valence-corrected chi connectivity index (χ4v) is 4.15. The van der Waals surface area contributed by atoms with Gasteiger partial charge in [0.05, 0.1) is 11.7 Å². The van der Waals surface area contributed by atoms with Gasteiger partial charge in [0.1, 0.15) is 15.6 Å². The number of nitrogens with one attached hydrogen (secondary N) is 2. The van der Waals surface area contributed by atoms with Crippen LogP contribution in [0.5, 0.6) is 5.75 Å². The molecule has 2 aromatic heterocycles. The second-order valence-corrected chi connectivity index (χ2v) is 8.69. The van der Waals surface area contributed by atoms with Crippen LogP contribution in [-0.4, -0.2) is 26.5 Å². The van der Waals surface area contributed by atoms with Crippen LogP contribution in [0, 0.1) is 5.92 Å². The summed E-state index contributed by atoms with van der Waals surface area (Å²) in [4.78, 5) is 41.6. The fourth-order valence-electron chi connectivity index (χ4n) is 3.34. The van der Waals surface area contributed by atoms with E-state index < -0.39 is 17.2 Å². The zero-order chi connectivity index (χ0) is 20.9. The Morgan fingerprint density at radius 3 is 2.72 bits per heavy atom. The molecule has 1 aliphatic heterocycles. The van der Waals surface area contributed by atoms with Gasteiger partial charge in [-0.25, -0.2) is 4.98 Å². The van der Waals surface area contributed by atoms with Crippen LogP contribution in [0.4, 0.5) is 10.8 Å². The number of aromatic nitrogens is 2. The molecule has 0 saturated heterocycles. The molecule has 0 radical (unpaired) electrons. The van der Waals surface area contributed by atoms with Gasteiger partial charge in [0, 0.05) is 23.5 Å². The molecule has 2 amide bonds. The van der Waals surface area contributed by atoms with Gasteiger partial charge in [0.15, 0.2) is 5.13 Å². The minimum absolute atomic E-state index is 0.166. The van der Waals surface area contributed by atoms with E-state index in [0.29, 0.717) is 33.9 Å². The highest BCUT2D eigenvalue weighted by Gasteiger charge is 2.27. The van der Waals surface area contributed by atoms with Crippen molar-refractivity contribution >= 4 is 56.5 Å². The SMILES string of the molecule is CC(C)C(=O)Nc1cc2c3c(c1)c(O)c(C(=O)Nc1ncc(Cl)s1)c(=O)n3CC2. The van der Waals surface area contributed by atoms with Crippen molar-refractivity contribution in [3.05, 3.63) is 44.1 Å². The summed E-state index contributed by atoms with van der Waals surface area (Å²) in [5.41, 5.74) is 0.958. The van der Waals surface area contributed by atoms with E-state index in [9.17, 15) is 19.5 Å². The molecule has 8 nitrogen and oxygen atoms in total. The summed E-state index contributed by atoms with van der Waals surface area (Å²) >= 11 is 6.86. The molecule has 3 N–H and O–H groups in total. The molecule has 1 aromatic carbocycles. The van der Waals surface area contributed by atoms with E-state index in [2.05, 4.69) is 15.6 Å². The van der Waals surface area contributed by atoms with Crippen molar-refractivity contribution in [2.75, 3.05) is 10.6 Å². The number of carbonyl (C=O) groups excluding carboxylic acids is 2. The van der Waals surface area contributed by atoms with Gasteiger partial charge in [-0.3, -0.25) is 19.7 Å². The van der Waals surface area contributed by atoms with E-state index in [1.54, 1.807) is 26.0 Å².